The van der Waals surface area contributed by atoms with Crippen LogP contribution in [0.25, 0.3) is 10.2 Å². The fourth-order valence-electron chi connectivity index (χ4n) is 1.17. The number of halogens is 1. The molecule has 0 atom stereocenters. The Morgan fingerprint density at radius 2 is 2.33 bits per heavy atom. The number of aromatic nitrogens is 1. The van der Waals surface area contributed by atoms with Gasteiger partial charge in [-0.15, -0.1) is 22.9 Å². The van der Waals surface area contributed by atoms with E-state index >= 15 is 0 Å². The van der Waals surface area contributed by atoms with E-state index in [0.29, 0.717) is 5.88 Å². The molecule has 0 bridgehead atoms. The van der Waals surface area contributed by atoms with E-state index in [-0.39, 0.29) is 0 Å². The molecule has 0 radical (unpaired) electrons. The number of alkyl halides is 1. The fourth-order valence-corrected chi connectivity index (χ4v) is 2.15. The summed E-state index contributed by atoms with van der Waals surface area (Å²) in [6.07, 6.45) is 0. The molecule has 0 saturated carbocycles. The first-order valence-corrected chi connectivity index (χ1v) is 5.07. The van der Waals surface area contributed by atoms with Crippen LogP contribution >= 0.6 is 22.9 Å². The molecule has 1 heterocycles. The van der Waals surface area contributed by atoms with E-state index in [1.807, 2.05) is 19.1 Å². The molecule has 0 N–H and O–H groups in total. The van der Waals surface area contributed by atoms with Crippen molar-refractivity contribution in [3.63, 3.8) is 0 Å². The van der Waals surface area contributed by atoms with Gasteiger partial charge in [-0.25, -0.2) is 4.98 Å². The first kappa shape index (κ1) is 8.02. The summed E-state index contributed by atoms with van der Waals surface area (Å²) in [6.45, 7) is 2.02. The maximum Gasteiger partial charge on any atom is 0.0907 e. The normalized spacial score (nSPS) is 10.8. The number of nitrogens with zero attached hydrogens (tertiary/aromatic N) is 1. The number of hydrogen-bond acceptors (Lipinski definition) is 2. The topological polar surface area (TPSA) is 12.9 Å². The third kappa shape index (κ3) is 1.32. The lowest BCUT2D eigenvalue weighted by Crippen LogP contribution is -1.76. The zero-order chi connectivity index (χ0) is 8.55. The molecular formula is C9H8ClNS. The van der Waals surface area contributed by atoms with Gasteiger partial charge in [-0.1, -0.05) is 6.07 Å². The highest BCUT2D eigenvalue weighted by atomic mass is 35.5. The second kappa shape index (κ2) is 3.04. The summed E-state index contributed by atoms with van der Waals surface area (Å²) in [6, 6.07) is 6.18. The van der Waals surface area contributed by atoms with Crippen LogP contribution in [0.1, 0.15) is 10.6 Å². The van der Waals surface area contributed by atoms with E-state index in [1.54, 1.807) is 11.3 Å². The van der Waals surface area contributed by atoms with Gasteiger partial charge in [0, 0.05) is 5.88 Å². The monoisotopic (exact) mass is 197 g/mol. The van der Waals surface area contributed by atoms with Crippen LogP contribution in [0.15, 0.2) is 18.2 Å². The summed E-state index contributed by atoms with van der Waals surface area (Å²) in [7, 11) is 0. The molecule has 0 aliphatic rings. The zero-order valence-corrected chi connectivity index (χ0v) is 8.25. The number of aryl methyl sites for hydroxylation is 1. The van der Waals surface area contributed by atoms with Crippen molar-refractivity contribution in [3.05, 3.63) is 28.8 Å². The van der Waals surface area contributed by atoms with Crippen LogP contribution in [-0.2, 0) is 5.88 Å². The quantitative estimate of drug-likeness (QED) is 0.639. The Bertz CT molecular complexity index is 408. The maximum atomic E-state index is 5.71. The van der Waals surface area contributed by atoms with Crippen LogP contribution in [0.2, 0.25) is 0 Å². The molecule has 1 aromatic carbocycles. The average molecular weight is 198 g/mol. The van der Waals surface area contributed by atoms with Crippen molar-refractivity contribution in [2.24, 2.45) is 0 Å². The van der Waals surface area contributed by atoms with Crippen molar-refractivity contribution in [1.29, 1.82) is 0 Å². The van der Waals surface area contributed by atoms with E-state index < -0.39 is 0 Å². The molecule has 62 valence electrons. The molecule has 0 saturated heterocycles. The largest absolute Gasteiger partial charge is 0.242 e. The van der Waals surface area contributed by atoms with Crippen LogP contribution in [0.5, 0.6) is 0 Å². The third-order valence-electron chi connectivity index (χ3n) is 1.71. The number of rotatable bonds is 1. The summed E-state index contributed by atoms with van der Waals surface area (Å²) in [4.78, 5) is 4.38. The molecule has 12 heavy (non-hydrogen) atoms. The van der Waals surface area contributed by atoms with Gasteiger partial charge in [-0.3, -0.25) is 0 Å². The van der Waals surface area contributed by atoms with Gasteiger partial charge in [0.1, 0.15) is 0 Å². The Hall–Kier alpha value is -0.600. The molecule has 0 spiro atoms. The predicted molar refractivity (Wildman–Crippen MR) is 53.9 cm³/mol. The lowest BCUT2D eigenvalue weighted by molar-refractivity contribution is 1.33. The van der Waals surface area contributed by atoms with E-state index in [4.69, 9.17) is 11.6 Å². The van der Waals surface area contributed by atoms with Crippen molar-refractivity contribution in [1.82, 2.24) is 4.98 Å². The lowest BCUT2D eigenvalue weighted by atomic mass is 10.2. The summed E-state index contributed by atoms with van der Waals surface area (Å²) < 4.78 is 1.24. The Kier molecular flexibility index (Phi) is 2.03. The minimum Gasteiger partial charge on any atom is -0.242 e. The van der Waals surface area contributed by atoms with Gasteiger partial charge in [-0.05, 0) is 24.6 Å². The zero-order valence-electron chi connectivity index (χ0n) is 6.67. The van der Waals surface area contributed by atoms with Crippen molar-refractivity contribution in [3.8, 4) is 0 Å². The smallest absolute Gasteiger partial charge is 0.0907 e. The van der Waals surface area contributed by atoms with Gasteiger partial charge >= 0.3 is 0 Å². The van der Waals surface area contributed by atoms with E-state index in [1.165, 1.54) is 4.70 Å². The molecule has 2 aromatic rings. The minimum absolute atomic E-state index is 0.562. The first-order valence-electron chi connectivity index (χ1n) is 3.71. The van der Waals surface area contributed by atoms with Crippen molar-refractivity contribution in [2.75, 3.05) is 0 Å². The SMILES string of the molecule is Cc1nc2cc(CCl)ccc2s1. The van der Waals surface area contributed by atoms with Crippen molar-refractivity contribution < 1.29 is 0 Å². The number of fused-ring (bicyclic) bond motifs is 1. The van der Waals surface area contributed by atoms with Crippen molar-refractivity contribution in [2.45, 2.75) is 12.8 Å². The highest BCUT2D eigenvalue weighted by Gasteiger charge is 2.00. The second-order valence-corrected chi connectivity index (χ2v) is 4.17. The van der Waals surface area contributed by atoms with Gasteiger partial charge in [0.25, 0.3) is 0 Å². The summed E-state index contributed by atoms with van der Waals surface area (Å²) in [5.74, 6) is 0.562. The molecule has 2 rings (SSSR count). The summed E-state index contributed by atoms with van der Waals surface area (Å²) >= 11 is 7.43. The number of hydrogen-bond donors (Lipinski definition) is 0. The molecule has 0 amide bonds. The van der Waals surface area contributed by atoms with Crippen LogP contribution in [0.3, 0.4) is 0 Å². The average Bonchev–Trinajstić information content (AvgIpc) is 2.43. The minimum atomic E-state index is 0.562. The summed E-state index contributed by atoms with van der Waals surface area (Å²) in [5, 5.41) is 1.11. The van der Waals surface area contributed by atoms with Gasteiger partial charge in [0.2, 0.25) is 0 Å². The molecule has 0 fully saturated rings. The molecule has 3 heteroatoms. The molecule has 0 aliphatic carbocycles. The van der Waals surface area contributed by atoms with Crippen molar-refractivity contribution >= 4 is 33.2 Å². The Morgan fingerprint density at radius 1 is 1.50 bits per heavy atom. The van der Waals surface area contributed by atoms with E-state index in [9.17, 15) is 0 Å². The Morgan fingerprint density at radius 3 is 3.08 bits per heavy atom. The predicted octanol–water partition coefficient (Wildman–Crippen LogP) is 3.34. The summed E-state index contributed by atoms with van der Waals surface area (Å²) in [5.41, 5.74) is 2.20. The van der Waals surface area contributed by atoms with Crippen LogP contribution in [0, 0.1) is 6.92 Å². The maximum absolute atomic E-state index is 5.71. The molecule has 0 unspecified atom stereocenters. The van der Waals surface area contributed by atoms with E-state index in [2.05, 4.69) is 11.1 Å². The highest BCUT2D eigenvalue weighted by molar-refractivity contribution is 7.18. The molecular weight excluding hydrogens is 190 g/mol. The van der Waals surface area contributed by atoms with E-state index in [0.717, 1.165) is 16.1 Å². The number of benzene rings is 1. The molecule has 1 aromatic heterocycles. The van der Waals surface area contributed by atoms with Gasteiger partial charge < -0.3 is 0 Å². The van der Waals surface area contributed by atoms with Gasteiger partial charge in [0.05, 0.1) is 15.2 Å². The first-order chi connectivity index (χ1) is 5.79. The van der Waals surface area contributed by atoms with Gasteiger partial charge in [0.15, 0.2) is 0 Å². The molecule has 1 nitrogen and oxygen atoms in total. The highest BCUT2D eigenvalue weighted by Crippen LogP contribution is 2.22. The molecule has 0 aliphatic heterocycles. The standard InChI is InChI=1S/C9H8ClNS/c1-6-11-8-4-7(5-10)2-3-9(8)12-6/h2-4H,5H2,1H3. The second-order valence-electron chi connectivity index (χ2n) is 2.67. The fraction of sp³-hybridized carbons (Fsp3) is 0.222. The Labute approximate surface area is 80.0 Å². The number of thiazole rings is 1. The van der Waals surface area contributed by atoms with Crippen LogP contribution in [-0.4, -0.2) is 4.98 Å². The third-order valence-corrected chi connectivity index (χ3v) is 2.97. The van der Waals surface area contributed by atoms with Crippen LogP contribution in [0.4, 0.5) is 0 Å². The lowest BCUT2D eigenvalue weighted by Gasteiger charge is -1.92. The van der Waals surface area contributed by atoms with Gasteiger partial charge in [-0.2, -0.15) is 0 Å². The Balaban J connectivity index is 2.66. The van der Waals surface area contributed by atoms with Crippen LogP contribution < -0.4 is 0 Å².